The highest BCUT2D eigenvalue weighted by Gasteiger charge is 2.15. The standard InChI is InChI=1S/C14H11FN2O4.C4H11NO2/c1-8(18)21-17-14(20)13-12(19)6-10(7-16-13)9-3-2-4-11(15)5-9;6-3-1-5-2-4-7/h2-7,19H,1H3,(H,17,20);5-7H,1-4H2. The van der Waals surface area contributed by atoms with Gasteiger partial charge in [0.1, 0.15) is 11.6 Å². The number of aromatic hydroxyl groups is 1. The van der Waals surface area contributed by atoms with E-state index in [1.807, 2.05) is 5.48 Å². The Morgan fingerprint density at radius 2 is 1.82 bits per heavy atom. The number of rotatable bonds is 6. The van der Waals surface area contributed by atoms with Gasteiger partial charge in [-0.25, -0.2) is 9.37 Å². The lowest BCUT2D eigenvalue weighted by Crippen LogP contribution is -2.26. The normalized spacial score (nSPS) is 9.86. The third kappa shape index (κ3) is 8.08. The summed E-state index contributed by atoms with van der Waals surface area (Å²) >= 11 is 0. The summed E-state index contributed by atoms with van der Waals surface area (Å²) in [6.45, 7) is 2.53. The smallest absolute Gasteiger partial charge is 0.329 e. The maximum absolute atomic E-state index is 13.1. The number of nitrogens with one attached hydrogen (secondary N) is 2. The molecule has 0 bridgehead atoms. The van der Waals surface area contributed by atoms with E-state index >= 15 is 0 Å². The molecule has 5 N–H and O–H groups in total. The monoisotopic (exact) mass is 395 g/mol. The highest BCUT2D eigenvalue weighted by Crippen LogP contribution is 2.25. The lowest BCUT2D eigenvalue weighted by molar-refractivity contribution is -0.146. The summed E-state index contributed by atoms with van der Waals surface area (Å²) in [5, 5.41) is 28.9. The topological polar surface area (TPSA) is 141 Å². The van der Waals surface area contributed by atoms with E-state index in [0.29, 0.717) is 24.2 Å². The van der Waals surface area contributed by atoms with Gasteiger partial charge in [-0.2, -0.15) is 5.48 Å². The fourth-order valence-corrected chi connectivity index (χ4v) is 1.90. The third-order valence-electron chi connectivity index (χ3n) is 3.11. The minimum Gasteiger partial charge on any atom is -0.505 e. The summed E-state index contributed by atoms with van der Waals surface area (Å²) in [7, 11) is 0. The van der Waals surface area contributed by atoms with Crippen LogP contribution < -0.4 is 10.8 Å². The first kappa shape index (κ1) is 23.0. The number of halogens is 1. The average Bonchev–Trinajstić information content (AvgIpc) is 2.67. The van der Waals surface area contributed by atoms with Crippen LogP contribution >= 0.6 is 0 Å². The van der Waals surface area contributed by atoms with Crippen molar-refractivity contribution in [1.29, 1.82) is 0 Å². The molecule has 0 fully saturated rings. The molecule has 9 nitrogen and oxygen atoms in total. The highest BCUT2D eigenvalue weighted by atomic mass is 19.1. The van der Waals surface area contributed by atoms with Gasteiger partial charge in [0, 0.05) is 31.8 Å². The van der Waals surface area contributed by atoms with Crippen molar-refractivity contribution < 1.29 is 34.1 Å². The molecule has 1 aromatic heterocycles. The van der Waals surface area contributed by atoms with Crippen molar-refractivity contribution in [3.63, 3.8) is 0 Å². The zero-order valence-corrected chi connectivity index (χ0v) is 15.2. The molecule has 1 heterocycles. The molecule has 0 saturated heterocycles. The van der Waals surface area contributed by atoms with Crippen molar-refractivity contribution in [2.24, 2.45) is 0 Å². The second-order valence-electron chi connectivity index (χ2n) is 5.32. The van der Waals surface area contributed by atoms with Crippen molar-refractivity contribution in [3.05, 3.63) is 48.0 Å². The van der Waals surface area contributed by atoms with Gasteiger partial charge in [-0.05, 0) is 23.8 Å². The maximum Gasteiger partial charge on any atom is 0.329 e. The van der Waals surface area contributed by atoms with Crippen molar-refractivity contribution in [2.75, 3.05) is 26.3 Å². The number of pyridine rings is 1. The summed E-state index contributed by atoms with van der Waals surface area (Å²) < 4.78 is 13.1. The molecule has 0 aliphatic rings. The van der Waals surface area contributed by atoms with E-state index in [2.05, 4.69) is 15.1 Å². The van der Waals surface area contributed by atoms with Crippen molar-refractivity contribution >= 4 is 11.9 Å². The maximum atomic E-state index is 13.1. The summed E-state index contributed by atoms with van der Waals surface area (Å²) in [5.74, 6) is -2.42. The molecular formula is C18H22FN3O6. The molecular weight excluding hydrogens is 373 g/mol. The Balaban J connectivity index is 0.000000480. The Morgan fingerprint density at radius 1 is 1.14 bits per heavy atom. The molecule has 0 saturated carbocycles. The Hall–Kier alpha value is -3.08. The Morgan fingerprint density at radius 3 is 2.36 bits per heavy atom. The number of hydrogen-bond acceptors (Lipinski definition) is 8. The van der Waals surface area contributed by atoms with Crippen LogP contribution in [0.5, 0.6) is 5.75 Å². The van der Waals surface area contributed by atoms with Crippen LogP contribution in [0, 0.1) is 5.82 Å². The second-order valence-corrected chi connectivity index (χ2v) is 5.32. The van der Waals surface area contributed by atoms with Crippen LogP contribution in [0.1, 0.15) is 17.4 Å². The van der Waals surface area contributed by atoms with Crippen LogP contribution in [0.2, 0.25) is 0 Å². The summed E-state index contributed by atoms with van der Waals surface area (Å²) in [6.07, 6.45) is 1.30. The SMILES string of the molecule is CC(=O)ONC(=O)c1ncc(-c2cccc(F)c2)cc1O.OCCNCCO. The molecule has 0 spiro atoms. The van der Waals surface area contributed by atoms with Gasteiger partial charge < -0.3 is 25.5 Å². The van der Waals surface area contributed by atoms with Crippen LogP contribution in [-0.2, 0) is 9.63 Å². The van der Waals surface area contributed by atoms with Gasteiger partial charge in [0.05, 0.1) is 13.2 Å². The fraction of sp³-hybridized carbons (Fsp3) is 0.278. The molecule has 2 rings (SSSR count). The van der Waals surface area contributed by atoms with E-state index in [1.165, 1.54) is 30.5 Å². The highest BCUT2D eigenvalue weighted by molar-refractivity contribution is 5.95. The number of carbonyl (C=O) groups excluding carboxylic acids is 2. The molecule has 152 valence electrons. The van der Waals surface area contributed by atoms with Gasteiger partial charge in [0.25, 0.3) is 0 Å². The summed E-state index contributed by atoms with van der Waals surface area (Å²) in [6, 6.07) is 6.98. The van der Waals surface area contributed by atoms with E-state index in [0.717, 1.165) is 6.92 Å². The first-order chi connectivity index (χ1) is 13.4. The number of hydroxylamine groups is 1. The zero-order chi connectivity index (χ0) is 20.9. The number of hydrogen-bond donors (Lipinski definition) is 5. The molecule has 0 atom stereocenters. The molecule has 0 unspecified atom stereocenters. The number of aromatic nitrogens is 1. The Kier molecular flexibility index (Phi) is 10.1. The lowest BCUT2D eigenvalue weighted by Gasteiger charge is -2.07. The minimum absolute atomic E-state index is 0.139. The predicted octanol–water partition coefficient (Wildman–Crippen LogP) is 0.362. The van der Waals surface area contributed by atoms with Crippen LogP contribution in [0.3, 0.4) is 0 Å². The van der Waals surface area contributed by atoms with Gasteiger partial charge in [-0.15, -0.1) is 0 Å². The van der Waals surface area contributed by atoms with E-state index in [9.17, 15) is 19.1 Å². The van der Waals surface area contributed by atoms with Crippen LogP contribution in [-0.4, -0.2) is 58.5 Å². The first-order valence-corrected chi connectivity index (χ1v) is 8.24. The quantitative estimate of drug-likeness (QED) is 0.349. The van der Waals surface area contributed by atoms with Crippen molar-refractivity contribution in [1.82, 2.24) is 15.8 Å². The minimum atomic E-state index is -0.867. The fourth-order valence-electron chi connectivity index (χ4n) is 1.90. The molecule has 1 amide bonds. The van der Waals surface area contributed by atoms with Gasteiger partial charge in [-0.1, -0.05) is 12.1 Å². The zero-order valence-electron chi connectivity index (χ0n) is 15.2. The number of nitrogens with zero attached hydrogens (tertiary/aromatic N) is 1. The van der Waals surface area contributed by atoms with Gasteiger partial charge in [-0.3, -0.25) is 9.59 Å². The summed E-state index contributed by atoms with van der Waals surface area (Å²) in [5.41, 5.74) is 2.47. The summed E-state index contributed by atoms with van der Waals surface area (Å²) in [4.78, 5) is 30.3. The van der Waals surface area contributed by atoms with Crippen LogP contribution in [0.4, 0.5) is 4.39 Å². The Labute approximate surface area is 160 Å². The molecule has 1 aromatic carbocycles. The molecule has 2 aromatic rings. The molecule has 0 aliphatic heterocycles. The number of aliphatic hydroxyl groups excluding tert-OH is 2. The van der Waals surface area contributed by atoms with E-state index in [-0.39, 0.29) is 18.9 Å². The van der Waals surface area contributed by atoms with Gasteiger partial charge >= 0.3 is 11.9 Å². The van der Waals surface area contributed by atoms with Crippen molar-refractivity contribution in [3.8, 4) is 16.9 Å². The predicted molar refractivity (Wildman–Crippen MR) is 97.6 cm³/mol. The number of benzene rings is 1. The van der Waals surface area contributed by atoms with Crippen LogP contribution in [0.15, 0.2) is 36.5 Å². The second kappa shape index (κ2) is 12.3. The van der Waals surface area contributed by atoms with Gasteiger partial charge in [0.15, 0.2) is 5.69 Å². The van der Waals surface area contributed by atoms with Crippen molar-refractivity contribution in [2.45, 2.75) is 6.92 Å². The molecule has 0 aliphatic carbocycles. The van der Waals surface area contributed by atoms with E-state index < -0.39 is 23.4 Å². The van der Waals surface area contributed by atoms with E-state index in [4.69, 9.17) is 10.2 Å². The number of carbonyl (C=O) groups is 2. The Bertz CT molecular complexity index is 784. The average molecular weight is 395 g/mol. The largest absolute Gasteiger partial charge is 0.505 e. The first-order valence-electron chi connectivity index (χ1n) is 8.24. The van der Waals surface area contributed by atoms with E-state index in [1.54, 1.807) is 6.07 Å². The number of aliphatic hydroxyl groups is 2. The van der Waals surface area contributed by atoms with Crippen LogP contribution in [0.25, 0.3) is 11.1 Å². The number of amides is 1. The molecule has 10 heteroatoms. The molecule has 0 radical (unpaired) electrons. The lowest BCUT2D eigenvalue weighted by atomic mass is 10.1. The van der Waals surface area contributed by atoms with Gasteiger partial charge in [0.2, 0.25) is 0 Å². The third-order valence-corrected chi connectivity index (χ3v) is 3.11. The molecule has 28 heavy (non-hydrogen) atoms.